The van der Waals surface area contributed by atoms with E-state index in [9.17, 15) is 8.42 Å². The lowest BCUT2D eigenvalue weighted by Gasteiger charge is -2.18. The number of rotatable bonds is 5. The van der Waals surface area contributed by atoms with Crippen molar-refractivity contribution in [2.75, 3.05) is 19.3 Å². The van der Waals surface area contributed by atoms with Gasteiger partial charge in [0.25, 0.3) is 0 Å². The summed E-state index contributed by atoms with van der Waals surface area (Å²) in [6, 6.07) is 8.39. The van der Waals surface area contributed by atoms with Gasteiger partial charge in [-0.05, 0) is 36.1 Å². The van der Waals surface area contributed by atoms with Gasteiger partial charge in [0.2, 0.25) is 10.0 Å². The maximum absolute atomic E-state index is 12.5. The summed E-state index contributed by atoms with van der Waals surface area (Å²) in [6.07, 6.45) is 0.674. The van der Waals surface area contributed by atoms with Crippen molar-refractivity contribution in [3.8, 4) is 0 Å². The van der Waals surface area contributed by atoms with E-state index in [4.69, 9.17) is 17.3 Å². The molecule has 0 radical (unpaired) electrons. The first kappa shape index (κ1) is 15.3. The summed E-state index contributed by atoms with van der Waals surface area (Å²) in [6.45, 7) is 0.397. The molecule has 2 aromatic rings. The average molecular weight is 331 g/mol. The fourth-order valence-corrected chi connectivity index (χ4v) is 4.10. The van der Waals surface area contributed by atoms with Gasteiger partial charge < -0.3 is 5.73 Å². The summed E-state index contributed by atoms with van der Waals surface area (Å²) in [4.78, 5) is 1.19. The molecule has 0 bridgehead atoms. The number of benzene rings is 1. The van der Waals surface area contributed by atoms with Crippen molar-refractivity contribution in [2.24, 2.45) is 0 Å². The van der Waals surface area contributed by atoms with E-state index < -0.39 is 10.0 Å². The van der Waals surface area contributed by atoms with Gasteiger partial charge in [0, 0.05) is 24.2 Å². The molecule has 0 aliphatic rings. The molecule has 2 N–H and O–H groups in total. The third-order valence-electron chi connectivity index (χ3n) is 2.90. The van der Waals surface area contributed by atoms with Crippen LogP contribution in [-0.4, -0.2) is 26.3 Å². The normalized spacial score (nSPS) is 11.9. The zero-order valence-corrected chi connectivity index (χ0v) is 13.3. The molecular weight excluding hydrogens is 316 g/mol. The lowest BCUT2D eigenvalue weighted by Crippen LogP contribution is -2.29. The highest BCUT2D eigenvalue weighted by molar-refractivity contribution is 7.89. The van der Waals surface area contributed by atoms with Crippen LogP contribution >= 0.6 is 22.9 Å². The first-order valence-electron chi connectivity index (χ1n) is 5.95. The molecule has 1 aromatic carbocycles. The van der Waals surface area contributed by atoms with Gasteiger partial charge in [-0.1, -0.05) is 17.7 Å². The second-order valence-corrected chi connectivity index (χ2v) is 7.80. The number of halogens is 1. The van der Waals surface area contributed by atoms with Crippen LogP contribution in [0.3, 0.4) is 0 Å². The van der Waals surface area contributed by atoms with Gasteiger partial charge in [0.05, 0.1) is 5.02 Å². The molecule has 0 saturated heterocycles. The van der Waals surface area contributed by atoms with Crippen LogP contribution in [0.15, 0.2) is 40.6 Å². The van der Waals surface area contributed by atoms with Crippen LogP contribution in [0.2, 0.25) is 5.02 Å². The highest BCUT2D eigenvalue weighted by Crippen LogP contribution is 2.26. The number of nitrogens with zero attached hydrogens (tertiary/aromatic N) is 1. The molecule has 0 spiro atoms. The molecule has 0 aliphatic carbocycles. The molecule has 1 heterocycles. The number of hydrogen-bond acceptors (Lipinski definition) is 4. The van der Waals surface area contributed by atoms with E-state index in [1.54, 1.807) is 24.5 Å². The van der Waals surface area contributed by atoms with Gasteiger partial charge in [0.15, 0.2) is 0 Å². The average Bonchev–Trinajstić information content (AvgIpc) is 2.91. The molecular formula is C13H15ClN2O2S2. The molecule has 20 heavy (non-hydrogen) atoms. The van der Waals surface area contributed by atoms with Crippen LogP contribution < -0.4 is 5.73 Å². The lowest BCUT2D eigenvalue weighted by atomic mass is 10.3. The largest absolute Gasteiger partial charge is 0.399 e. The van der Waals surface area contributed by atoms with E-state index in [-0.39, 0.29) is 9.92 Å². The number of sulfonamides is 1. The third-order valence-corrected chi connectivity index (χ3v) is 6.17. The Balaban J connectivity index is 2.18. The summed E-state index contributed by atoms with van der Waals surface area (Å²) in [5.41, 5.74) is 6.01. The second kappa shape index (κ2) is 6.13. The Bertz CT molecular complexity index is 684. The van der Waals surface area contributed by atoms with E-state index in [2.05, 4.69) is 0 Å². The monoisotopic (exact) mass is 330 g/mol. The topological polar surface area (TPSA) is 63.4 Å². The molecule has 0 atom stereocenters. The highest BCUT2D eigenvalue weighted by atomic mass is 35.5. The zero-order valence-electron chi connectivity index (χ0n) is 10.9. The summed E-state index contributed by atoms with van der Waals surface area (Å²) in [7, 11) is -2.08. The predicted molar refractivity (Wildman–Crippen MR) is 83.7 cm³/mol. The van der Waals surface area contributed by atoms with Crippen molar-refractivity contribution in [1.82, 2.24) is 4.31 Å². The molecule has 4 nitrogen and oxygen atoms in total. The number of nitrogen functional groups attached to an aromatic ring is 1. The van der Waals surface area contributed by atoms with Gasteiger partial charge in [-0.3, -0.25) is 0 Å². The second-order valence-electron chi connectivity index (χ2n) is 4.35. The maximum Gasteiger partial charge on any atom is 0.244 e. The number of likely N-dealkylation sites (N-methyl/N-ethyl adjacent to an activating group) is 1. The summed E-state index contributed by atoms with van der Waals surface area (Å²) < 4.78 is 26.2. The first-order chi connectivity index (χ1) is 9.41. The van der Waals surface area contributed by atoms with E-state index in [1.807, 2.05) is 17.5 Å². The molecule has 0 aliphatic heterocycles. The Morgan fingerprint density at radius 2 is 2.10 bits per heavy atom. The van der Waals surface area contributed by atoms with Crippen LogP contribution in [0.25, 0.3) is 0 Å². The highest BCUT2D eigenvalue weighted by Gasteiger charge is 2.23. The van der Waals surface area contributed by atoms with Gasteiger partial charge in [0.1, 0.15) is 4.90 Å². The molecule has 108 valence electrons. The van der Waals surface area contributed by atoms with E-state index in [0.29, 0.717) is 18.7 Å². The van der Waals surface area contributed by atoms with Gasteiger partial charge in [-0.2, -0.15) is 0 Å². The minimum absolute atomic E-state index is 0.0489. The minimum atomic E-state index is -3.62. The van der Waals surface area contributed by atoms with Crippen LogP contribution in [0, 0.1) is 0 Å². The number of thiophene rings is 1. The molecule has 2 rings (SSSR count). The number of nitrogens with two attached hydrogens (primary N) is 1. The van der Waals surface area contributed by atoms with Crippen molar-refractivity contribution in [2.45, 2.75) is 11.3 Å². The lowest BCUT2D eigenvalue weighted by molar-refractivity contribution is 0.473. The number of anilines is 1. The molecule has 0 saturated carbocycles. The predicted octanol–water partition coefficient (Wildman–Crippen LogP) is 2.85. The Hall–Kier alpha value is -1.08. The molecule has 0 amide bonds. The Labute approximate surface area is 127 Å². The Kier molecular flexibility index (Phi) is 4.70. The van der Waals surface area contributed by atoms with E-state index in [1.165, 1.54) is 16.4 Å². The van der Waals surface area contributed by atoms with Crippen molar-refractivity contribution in [3.63, 3.8) is 0 Å². The molecule has 0 unspecified atom stereocenters. The van der Waals surface area contributed by atoms with Crippen LogP contribution in [0.5, 0.6) is 0 Å². The van der Waals surface area contributed by atoms with Gasteiger partial charge in [-0.25, -0.2) is 12.7 Å². The van der Waals surface area contributed by atoms with Gasteiger partial charge in [-0.15, -0.1) is 11.3 Å². The van der Waals surface area contributed by atoms with Crippen molar-refractivity contribution < 1.29 is 8.42 Å². The standard InChI is InChI=1S/C13H15ClN2O2S2/c1-16(7-6-11-3-2-8-19-11)20(17,18)13-9-10(15)4-5-12(13)14/h2-5,8-9H,6-7,15H2,1H3. The summed E-state index contributed by atoms with van der Waals surface area (Å²) in [5.74, 6) is 0. The Morgan fingerprint density at radius 1 is 1.35 bits per heavy atom. The zero-order chi connectivity index (χ0) is 14.8. The van der Waals surface area contributed by atoms with Crippen molar-refractivity contribution in [1.29, 1.82) is 0 Å². The van der Waals surface area contributed by atoms with Crippen molar-refractivity contribution >= 4 is 38.6 Å². The van der Waals surface area contributed by atoms with Crippen LogP contribution in [-0.2, 0) is 16.4 Å². The third kappa shape index (κ3) is 3.32. The first-order valence-corrected chi connectivity index (χ1v) is 8.65. The SMILES string of the molecule is CN(CCc1cccs1)S(=O)(=O)c1cc(N)ccc1Cl. The number of hydrogen-bond donors (Lipinski definition) is 1. The van der Waals surface area contributed by atoms with Crippen molar-refractivity contribution in [3.05, 3.63) is 45.6 Å². The minimum Gasteiger partial charge on any atom is -0.399 e. The fraction of sp³-hybridized carbons (Fsp3) is 0.231. The fourth-order valence-electron chi connectivity index (χ4n) is 1.73. The molecule has 7 heteroatoms. The van der Waals surface area contributed by atoms with Crippen LogP contribution in [0.1, 0.15) is 4.88 Å². The van der Waals surface area contributed by atoms with E-state index in [0.717, 1.165) is 4.88 Å². The Morgan fingerprint density at radius 3 is 2.75 bits per heavy atom. The van der Waals surface area contributed by atoms with Crippen LogP contribution in [0.4, 0.5) is 5.69 Å². The summed E-state index contributed by atoms with van der Waals surface area (Å²) >= 11 is 7.57. The van der Waals surface area contributed by atoms with Gasteiger partial charge >= 0.3 is 0 Å². The smallest absolute Gasteiger partial charge is 0.244 e. The summed E-state index contributed by atoms with van der Waals surface area (Å²) in [5, 5.41) is 2.15. The quantitative estimate of drug-likeness (QED) is 0.857. The molecule has 0 fully saturated rings. The molecule has 1 aromatic heterocycles. The maximum atomic E-state index is 12.5. The van der Waals surface area contributed by atoms with E-state index >= 15 is 0 Å².